The van der Waals surface area contributed by atoms with Crippen LogP contribution in [0.15, 0.2) is 65.5 Å². The molecule has 29 heavy (non-hydrogen) atoms. The van der Waals surface area contributed by atoms with Crippen LogP contribution in [0.5, 0.6) is 5.75 Å². The average molecular weight is 389 g/mol. The SMILES string of the molecule is CC[C@H](Oc1ccc2ccccc2c1)C(=O)Nc1ccc2c(c1)n(C)c(=O)n2C. The summed E-state index contributed by atoms with van der Waals surface area (Å²) in [6.07, 6.45) is -0.0866. The zero-order valence-corrected chi connectivity index (χ0v) is 16.7. The Kier molecular flexibility index (Phi) is 4.84. The van der Waals surface area contributed by atoms with Crippen molar-refractivity contribution in [1.29, 1.82) is 0 Å². The maximum absolute atomic E-state index is 12.8. The Labute approximate surface area is 168 Å². The van der Waals surface area contributed by atoms with Gasteiger partial charge in [0.05, 0.1) is 11.0 Å². The van der Waals surface area contributed by atoms with E-state index in [1.165, 1.54) is 0 Å². The van der Waals surface area contributed by atoms with Crippen LogP contribution < -0.4 is 15.7 Å². The largest absolute Gasteiger partial charge is 0.481 e. The van der Waals surface area contributed by atoms with Gasteiger partial charge in [-0.1, -0.05) is 37.3 Å². The van der Waals surface area contributed by atoms with E-state index in [0.717, 1.165) is 21.8 Å². The van der Waals surface area contributed by atoms with Gasteiger partial charge in [0.1, 0.15) is 5.75 Å². The Morgan fingerprint density at radius 2 is 1.69 bits per heavy atom. The molecule has 1 amide bonds. The first kappa shape index (κ1) is 18.8. The highest BCUT2D eigenvalue weighted by atomic mass is 16.5. The maximum Gasteiger partial charge on any atom is 0.328 e. The van der Waals surface area contributed by atoms with E-state index in [1.807, 2.05) is 55.5 Å². The van der Waals surface area contributed by atoms with Gasteiger partial charge >= 0.3 is 5.69 Å². The van der Waals surface area contributed by atoms with Crippen molar-refractivity contribution >= 4 is 33.4 Å². The van der Waals surface area contributed by atoms with Crippen LogP contribution in [0.1, 0.15) is 13.3 Å². The molecule has 1 N–H and O–H groups in total. The Morgan fingerprint density at radius 1 is 0.966 bits per heavy atom. The highest BCUT2D eigenvalue weighted by Crippen LogP contribution is 2.23. The average Bonchev–Trinajstić information content (AvgIpc) is 2.95. The molecule has 0 aliphatic heterocycles. The molecule has 0 aliphatic carbocycles. The van der Waals surface area contributed by atoms with Crippen molar-refractivity contribution < 1.29 is 9.53 Å². The van der Waals surface area contributed by atoms with E-state index in [0.29, 0.717) is 17.9 Å². The minimum Gasteiger partial charge on any atom is -0.481 e. The van der Waals surface area contributed by atoms with Gasteiger partial charge in [0.25, 0.3) is 5.91 Å². The lowest BCUT2D eigenvalue weighted by Gasteiger charge is -2.18. The Morgan fingerprint density at radius 3 is 2.45 bits per heavy atom. The summed E-state index contributed by atoms with van der Waals surface area (Å²) in [4.78, 5) is 24.9. The number of nitrogens with one attached hydrogen (secondary N) is 1. The third-order valence-corrected chi connectivity index (χ3v) is 5.20. The molecule has 0 saturated heterocycles. The number of ether oxygens (including phenoxy) is 1. The smallest absolute Gasteiger partial charge is 0.328 e. The van der Waals surface area contributed by atoms with Crippen molar-refractivity contribution in [3.63, 3.8) is 0 Å². The van der Waals surface area contributed by atoms with E-state index < -0.39 is 6.10 Å². The molecule has 0 radical (unpaired) electrons. The first-order valence-electron chi connectivity index (χ1n) is 9.59. The van der Waals surface area contributed by atoms with E-state index in [1.54, 1.807) is 35.4 Å². The highest BCUT2D eigenvalue weighted by Gasteiger charge is 2.19. The lowest BCUT2D eigenvalue weighted by Crippen LogP contribution is -2.32. The van der Waals surface area contributed by atoms with Crippen LogP contribution >= 0.6 is 0 Å². The quantitative estimate of drug-likeness (QED) is 0.564. The fourth-order valence-electron chi connectivity index (χ4n) is 3.53. The third-order valence-electron chi connectivity index (χ3n) is 5.20. The summed E-state index contributed by atoms with van der Waals surface area (Å²) < 4.78 is 9.11. The summed E-state index contributed by atoms with van der Waals surface area (Å²) in [5.74, 6) is 0.438. The summed E-state index contributed by atoms with van der Waals surface area (Å²) in [6, 6.07) is 19.3. The first-order valence-corrected chi connectivity index (χ1v) is 9.59. The van der Waals surface area contributed by atoms with Crippen LogP contribution in [0.2, 0.25) is 0 Å². The molecule has 3 aromatic carbocycles. The molecule has 0 fully saturated rings. The van der Waals surface area contributed by atoms with Crippen molar-refractivity contribution in [2.24, 2.45) is 14.1 Å². The van der Waals surface area contributed by atoms with Crippen LogP contribution in [0.3, 0.4) is 0 Å². The van der Waals surface area contributed by atoms with E-state index in [4.69, 9.17) is 4.74 Å². The van der Waals surface area contributed by atoms with E-state index in [9.17, 15) is 9.59 Å². The predicted molar refractivity (Wildman–Crippen MR) is 115 cm³/mol. The minimum absolute atomic E-state index is 0.102. The minimum atomic E-state index is -0.619. The Balaban J connectivity index is 1.54. The second-order valence-corrected chi connectivity index (χ2v) is 7.12. The molecule has 6 nitrogen and oxygen atoms in total. The molecule has 1 aromatic heterocycles. The zero-order valence-electron chi connectivity index (χ0n) is 16.7. The molecule has 0 unspecified atom stereocenters. The number of nitrogens with zero attached hydrogens (tertiary/aromatic N) is 2. The molecule has 1 heterocycles. The number of benzene rings is 3. The van der Waals surface area contributed by atoms with Gasteiger partial charge in [-0.15, -0.1) is 0 Å². The zero-order chi connectivity index (χ0) is 20.5. The van der Waals surface area contributed by atoms with Crippen molar-refractivity contribution in [1.82, 2.24) is 9.13 Å². The van der Waals surface area contributed by atoms with E-state index in [2.05, 4.69) is 5.32 Å². The van der Waals surface area contributed by atoms with Gasteiger partial charge < -0.3 is 10.1 Å². The summed E-state index contributed by atoms with van der Waals surface area (Å²) in [5, 5.41) is 5.10. The van der Waals surface area contributed by atoms with Gasteiger partial charge in [-0.05, 0) is 47.5 Å². The monoisotopic (exact) mass is 389 g/mol. The lowest BCUT2D eigenvalue weighted by molar-refractivity contribution is -0.122. The predicted octanol–water partition coefficient (Wildman–Crippen LogP) is 3.83. The van der Waals surface area contributed by atoms with Crippen LogP contribution in [-0.2, 0) is 18.9 Å². The summed E-state index contributed by atoms with van der Waals surface area (Å²) in [7, 11) is 3.45. The molecule has 6 heteroatoms. The van der Waals surface area contributed by atoms with E-state index >= 15 is 0 Å². The fourth-order valence-corrected chi connectivity index (χ4v) is 3.53. The van der Waals surface area contributed by atoms with Gasteiger partial charge in [-0.3, -0.25) is 13.9 Å². The van der Waals surface area contributed by atoms with Crippen LogP contribution in [0.4, 0.5) is 5.69 Å². The number of carbonyl (C=O) groups is 1. The molecular weight excluding hydrogens is 366 g/mol. The second kappa shape index (κ2) is 7.47. The van der Waals surface area contributed by atoms with Crippen LogP contribution in [0, 0.1) is 0 Å². The number of aromatic nitrogens is 2. The molecule has 4 rings (SSSR count). The Bertz CT molecular complexity index is 1270. The molecule has 0 bridgehead atoms. The normalized spacial score (nSPS) is 12.2. The van der Waals surface area contributed by atoms with Gasteiger partial charge in [-0.25, -0.2) is 4.79 Å². The molecule has 0 aliphatic rings. The molecule has 148 valence electrons. The molecule has 0 saturated carbocycles. The standard InChI is InChI=1S/C23H23N3O3/c1-4-21(29-18-11-9-15-7-5-6-8-16(15)13-18)22(27)24-17-10-12-19-20(14-17)26(3)23(28)25(19)2/h5-14,21H,4H2,1-3H3,(H,24,27)/t21-/m0/s1. The molecule has 0 spiro atoms. The van der Waals surface area contributed by atoms with Crippen molar-refractivity contribution in [2.45, 2.75) is 19.4 Å². The van der Waals surface area contributed by atoms with Gasteiger partial charge in [0.2, 0.25) is 0 Å². The number of amides is 1. The first-order chi connectivity index (χ1) is 14.0. The van der Waals surface area contributed by atoms with Crippen LogP contribution in [0.25, 0.3) is 21.8 Å². The van der Waals surface area contributed by atoms with E-state index in [-0.39, 0.29) is 11.6 Å². The number of hydrogen-bond donors (Lipinski definition) is 1. The number of aryl methyl sites for hydroxylation is 2. The topological polar surface area (TPSA) is 65.3 Å². The third kappa shape index (κ3) is 3.49. The highest BCUT2D eigenvalue weighted by molar-refractivity contribution is 5.96. The number of anilines is 1. The summed E-state index contributed by atoms with van der Waals surface area (Å²) in [5.41, 5.74) is 2.10. The molecule has 1 atom stereocenters. The van der Waals surface area contributed by atoms with Gasteiger partial charge in [-0.2, -0.15) is 0 Å². The Hall–Kier alpha value is -3.54. The van der Waals surface area contributed by atoms with Crippen molar-refractivity contribution in [2.75, 3.05) is 5.32 Å². The maximum atomic E-state index is 12.8. The fraction of sp³-hybridized carbons (Fsp3) is 0.217. The van der Waals surface area contributed by atoms with Gasteiger partial charge in [0, 0.05) is 19.8 Å². The summed E-state index contributed by atoms with van der Waals surface area (Å²) >= 11 is 0. The van der Waals surface area contributed by atoms with Crippen molar-refractivity contribution in [3.05, 3.63) is 71.1 Å². The number of rotatable bonds is 5. The summed E-state index contributed by atoms with van der Waals surface area (Å²) in [6.45, 7) is 1.91. The number of carbonyl (C=O) groups excluding carboxylic acids is 1. The molecular formula is C23H23N3O3. The second-order valence-electron chi connectivity index (χ2n) is 7.12. The molecule has 4 aromatic rings. The lowest BCUT2D eigenvalue weighted by atomic mass is 10.1. The van der Waals surface area contributed by atoms with Gasteiger partial charge in [0.15, 0.2) is 6.10 Å². The number of hydrogen-bond acceptors (Lipinski definition) is 3. The van der Waals surface area contributed by atoms with Crippen molar-refractivity contribution in [3.8, 4) is 5.75 Å². The number of fused-ring (bicyclic) bond motifs is 2. The number of imidazole rings is 1. The van der Waals surface area contributed by atoms with Crippen LogP contribution in [-0.4, -0.2) is 21.1 Å².